The third-order valence-electron chi connectivity index (χ3n) is 6.92. The van der Waals surface area contributed by atoms with Gasteiger partial charge in [0, 0.05) is 32.7 Å². The van der Waals surface area contributed by atoms with Crippen LogP contribution in [0.1, 0.15) is 31.2 Å². The number of fused-ring (bicyclic) bond motifs is 1. The fraction of sp³-hybridized carbons (Fsp3) is 0.520. The number of benzene rings is 1. The van der Waals surface area contributed by atoms with E-state index in [1.165, 1.54) is 21.7 Å². The van der Waals surface area contributed by atoms with Gasteiger partial charge in [-0.25, -0.2) is 13.4 Å². The lowest BCUT2D eigenvalue weighted by molar-refractivity contribution is -0.123. The van der Waals surface area contributed by atoms with Crippen molar-refractivity contribution < 1.29 is 17.9 Å². The fourth-order valence-electron chi connectivity index (χ4n) is 4.94. The van der Waals surface area contributed by atoms with Crippen molar-refractivity contribution in [1.82, 2.24) is 14.2 Å². The Bertz CT molecular complexity index is 1350. The molecule has 8 nitrogen and oxygen atoms in total. The number of hydrogen-bond acceptors (Lipinski definition) is 8. The number of morpholine rings is 1. The van der Waals surface area contributed by atoms with Crippen molar-refractivity contribution in [1.29, 1.82) is 0 Å². The minimum Gasteiger partial charge on any atom is -0.379 e. The molecule has 4 heterocycles. The number of para-hydroxylation sites is 1. The van der Waals surface area contributed by atoms with E-state index in [2.05, 4.69) is 4.90 Å². The molecular formula is C25H31ClN4O4S3. The predicted molar refractivity (Wildman–Crippen MR) is 149 cm³/mol. The van der Waals surface area contributed by atoms with Crippen molar-refractivity contribution >= 4 is 65.6 Å². The van der Waals surface area contributed by atoms with Gasteiger partial charge in [0.25, 0.3) is 10.0 Å². The summed E-state index contributed by atoms with van der Waals surface area (Å²) in [5.41, 5.74) is 1.94. The number of ether oxygens (including phenoxy) is 1. The normalized spacial score (nSPS) is 19.9. The molecule has 0 radical (unpaired) electrons. The number of halogens is 1. The first-order chi connectivity index (χ1) is 17.8. The predicted octanol–water partition coefficient (Wildman–Crippen LogP) is 4.62. The Morgan fingerprint density at radius 2 is 1.97 bits per heavy atom. The Morgan fingerprint density at radius 1 is 1.16 bits per heavy atom. The van der Waals surface area contributed by atoms with E-state index in [4.69, 9.17) is 21.3 Å². The number of amides is 1. The van der Waals surface area contributed by atoms with E-state index in [0.29, 0.717) is 29.0 Å². The van der Waals surface area contributed by atoms with Crippen LogP contribution in [0.25, 0.3) is 10.2 Å². The molecular weight excluding hydrogens is 552 g/mol. The maximum atomic E-state index is 14.2. The minimum absolute atomic E-state index is 0.173. The molecule has 2 aliphatic heterocycles. The number of rotatable bonds is 8. The molecule has 0 aliphatic carbocycles. The summed E-state index contributed by atoms with van der Waals surface area (Å²) < 4.78 is 35.6. The second-order valence-corrected chi connectivity index (χ2v) is 14.2. The zero-order valence-electron chi connectivity index (χ0n) is 20.8. The highest BCUT2D eigenvalue weighted by atomic mass is 35.5. The smallest absolute Gasteiger partial charge is 0.253 e. The molecule has 0 N–H and O–H groups in total. The van der Waals surface area contributed by atoms with Crippen LogP contribution in [0.3, 0.4) is 0 Å². The Hall–Kier alpha value is -1.60. The summed E-state index contributed by atoms with van der Waals surface area (Å²) in [5.74, 6) is -0.204. The Balaban J connectivity index is 1.44. The number of aryl methyl sites for hydroxylation is 1. The summed E-state index contributed by atoms with van der Waals surface area (Å²) in [4.78, 5) is 23.1. The van der Waals surface area contributed by atoms with Gasteiger partial charge in [0.15, 0.2) is 5.13 Å². The number of thiophene rings is 1. The average molecular weight is 583 g/mol. The number of aromatic nitrogens is 1. The maximum absolute atomic E-state index is 14.2. The lowest BCUT2D eigenvalue weighted by atomic mass is 10.0. The van der Waals surface area contributed by atoms with Gasteiger partial charge in [0.2, 0.25) is 5.91 Å². The Kier molecular flexibility index (Phi) is 8.49. The fourth-order valence-corrected chi connectivity index (χ4v) is 9.28. The van der Waals surface area contributed by atoms with Crippen LogP contribution in [0.2, 0.25) is 4.34 Å². The number of hydrogen-bond donors (Lipinski definition) is 0. The largest absolute Gasteiger partial charge is 0.379 e. The number of sulfonamides is 1. The molecule has 5 rings (SSSR count). The van der Waals surface area contributed by atoms with Gasteiger partial charge in [-0.15, -0.1) is 11.3 Å². The first kappa shape index (κ1) is 27.0. The van der Waals surface area contributed by atoms with Crippen LogP contribution in [-0.2, 0) is 19.6 Å². The summed E-state index contributed by atoms with van der Waals surface area (Å²) >= 11 is 8.56. The monoisotopic (exact) mass is 582 g/mol. The molecule has 1 atom stereocenters. The van der Waals surface area contributed by atoms with E-state index in [1.807, 2.05) is 25.1 Å². The molecule has 0 bridgehead atoms. The van der Waals surface area contributed by atoms with Crippen LogP contribution < -0.4 is 4.90 Å². The number of piperidine rings is 1. The van der Waals surface area contributed by atoms with E-state index >= 15 is 0 Å². The molecule has 3 aromatic rings. The average Bonchev–Trinajstić information content (AvgIpc) is 3.54. The van der Waals surface area contributed by atoms with E-state index in [1.54, 1.807) is 11.0 Å². The number of carbonyl (C=O) groups excluding carboxylic acids is 1. The molecule has 2 aliphatic rings. The Morgan fingerprint density at radius 3 is 2.70 bits per heavy atom. The van der Waals surface area contributed by atoms with Gasteiger partial charge in [-0.1, -0.05) is 41.5 Å². The van der Waals surface area contributed by atoms with Crippen LogP contribution in [0.5, 0.6) is 0 Å². The molecule has 1 aromatic carbocycles. The SMILES string of the molecule is Cc1cccc2sc(N(CCCN3CCOCC3)C(=O)C3CCCCN3S(=O)(=O)c3ccc(Cl)s3)nc12. The molecule has 12 heteroatoms. The summed E-state index contributed by atoms with van der Waals surface area (Å²) in [7, 11) is -3.84. The molecule has 1 amide bonds. The summed E-state index contributed by atoms with van der Waals surface area (Å²) in [6.45, 7) is 6.86. The molecule has 2 aromatic heterocycles. The highest BCUT2D eigenvalue weighted by Crippen LogP contribution is 2.35. The van der Waals surface area contributed by atoms with Crippen LogP contribution in [-0.4, -0.2) is 80.5 Å². The van der Waals surface area contributed by atoms with Crippen LogP contribution in [0.4, 0.5) is 5.13 Å². The first-order valence-electron chi connectivity index (χ1n) is 12.6. The van der Waals surface area contributed by atoms with Gasteiger partial charge in [-0.05, 0) is 49.9 Å². The standard InChI is InChI=1S/C25H31ClN4O4S3/c1-18-6-4-8-20-23(18)27-25(35-20)29(12-5-11-28-14-16-34-17-15-28)24(31)19-7-2-3-13-30(19)37(32,33)22-10-9-21(26)36-22/h4,6,8-10,19H,2-3,5,7,11-17H2,1H3. The van der Waals surface area contributed by atoms with Crippen molar-refractivity contribution in [3.63, 3.8) is 0 Å². The molecule has 37 heavy (non-hydrogen) atoms. The van der Waals surface area contributed by atoms with Crippen molar-refractivity contribution in [2.45, 2.75) is 42.9 Å². The van der Waals surface area contributed by atoms with Gasteiger partial charge < -0.3 is 4.74 Å². The first-order valence-corrected chi connectivity index (χ1v) is 16.0. The number of thiazole rings is 1. The molecule has 0 spiro atoms. The molecule has 0 saturated carbocycles. The summed E-state index contributed by atoms with van der Waals surface area (Å²) in [5, 5.41) is 0.623. The minimum atomic E-state index is -3.84. The molecule has 1 unspecified atom stereocenters. The lowest BCUT2D eigenvalue weighted by Crippen LogP contribution is -2.53. The van der Waals surface area contributed by atoms with E-state index in [9.17, 15) is 13.2 Å². The van der Waals surface area contributed by atoms with Gasteiger partial charge in [-0.3, -0.25) is 14.6 Å². The number of nitrogens with zero attached hydrogens (tertiary/aromatic N) is 4. The van der Waals surface area contributed by atoms with Crippen molar-refractivity contribution in [3.05, 3.63) is 40.2 Å². The van der Waals surface area contributed by atoms with E-state index < -0.39 is 16.1 Å². The summed E-state index contributed by atoms with van der Waals surface area (Å²) in [6, 6.07) is 8.36. The number of carbonyl (C=O) groups is 1. The second-order valence-electron chi connectivity index (χ2n) is 9.40. The molecule has 2 saturated heterocycles. The second kappa shape index (κ2) is 11.6. The third-order valence-corrected chi connectivity index (χ3v) is 11.6. The highest BCUT2D eigenvalue weighted by molar-refractivity contribution is 7.91. The van der Waals surface area contributed by atoms with Gasteiger partial charge >= 0.3 is 0 Å². The third kappa shape index (κ3) is 5.88. The Labute approximate surface area is 230 Å². The quantitative estimate of drug-likeness (QED) is 0.385. The molecule has 200 valence electrons. The zero-order valence-corrected chi connectivity index (χ0v) is 24.0. The van der Waals surface area contributed by atoms with Crippen molar-refractivity contribution in [3.8, 4) is 0 Å². The van der Waals surface area contributed by atoms with Crippen molar-refractivity contribution in [2.24, 2.45) is 0 Å². The van der Waals surface area contributed by atoms with Crippen molar-refractivity contribution in [2.75, 3.05) is 50.8 Å². The van der Waals surface area contributed by atoms with Gasteiger partial charge in [-0.2, -0.15) is 4.31 Å². The maximum Gasteiger partial charge on any atom is 0.253 e. The topological polar surface area (TPSA) is 83.0 Å². The van der Waals surface area contributed by atoms with Crippen LogP contribution in [0, 0.1) is 6.92 Å². The highest BCUT2D eigenvalue weighted by Gasteiger charge is 2.41. The molecule has 2 fully saturated rings. The van der Waals surface area contributed by atoms with E-state index in [-0.39, 0.29) is 10.1 Å². The van der Waals surface area contributed by atoms with Gasteiger partial charge in [0.1, 0.15) is 10.3 Å². The zero-order chi connectivity index (χ0) is 26.0. The van der Waals surface area contributed by atoms with E-state index in [0.717, 1.165) is 79.2 Å². The summed E-state index contributed by atoms with van der Waals surface area (Å²) in [6.07, 6.45) is 2.77. The lowest BCUT2D eigenvalue weighted by Gasteiger charge is -2.36. The van der Waals surface area contributed by atoms with Crippen LogP contribution in [0.15, 0.2) is 34.5 Å². The van der Waals surface area contributed by atoms with Crippen LogP contribution >= 0.6 is 34.3 Å². The van der Waals surface area contributed by atoms with Gasteiger partial charge in [0.05, 0.1) is 27.8 Å². The number of anilines is 1.